The van der Waals surface area contributed by atoms with Gasteiger partial charge in [0.15, 0.2) is 11.4 Å². The highest BCUT2D eigenvalue weighted by Gasteiger charge is 2.32. The molecule has 3 heterocycles. The van der Waals surface area contributed by atoms with Crippen LogP contribution in [0.3, 0.4) is 0 Å². The van der Waals surface area contributed by atoms with Crippen molar-refractivity contribution in [2.45, 2.75) is 57.7 Å². The van der Waals surface area contributed by atoms with E-state index in [1.54, 1.807) is 38.1 Å². The SMILES string of the molecule is CC(C)[C@@H]1NC(=O)[C@@H](NC(=O)c2nn(C)c(=O)c3ccccc23)CCCCNC(=O)c2coc(n2)[C@@H](Cc2ccccc2)NC1=O. The summed E-state index contributed by atoms with van der Waals surface area (Å²) in [6.07, 6.45) is 2.77. The molecule has 1 aliphatic rings. The summed E-state index contributed by atoms with van der Waals surface area (Å²) < 4.78 is 6.75. The van der Waals surface area contributed by atoms with Crippen molar-refractivity contribution in [3.8, 4) is 0 Å². The van der Waals surface area contributed by atoms with E-state index in [-0.39, 0.29) is 35.2 Å². The maximum absolute atomic E-state index is 13.8. The van der Waals surface area contributed by atoms with Gasteiger partial charge in [0.25, 0.3) is 17.4 Å². The molecule has 0 saturated carbocycles. The quantitative estimate of drug-likeness (QED) is 0.260. The number of hydrogen-bond acceptors (Lipinski definition) is 8. The van der Waals surface area contributed by atoms with Crippen molar-refractivity contribution in [3.05, 3.63) is 94.1 Å². The van der Waals surface area contributed by atoms with E-state index < -0.39 is 41.8 Å². The first-order chi connectivity index (χ1) is 22.1. The Labute approximate surface area is 265 Å². The minimum absolute atomic E-state index is 0.00339. The fraction of sp³-hybridized carbons (Fsp3) is 0.364. The van der Waals surface area contributed by atoms with Crippen LogP contribution in [-0.2, 0) is 23.1 Å². The normalized spacial score (nSPS) is 19.7. The summed E-state index contributed by atoms with van der Waals surface area (Å²) in [5.74, 6) is -2.26. The summed E-state index contributed by atoms with van der Waals surface area (Å²) in [6.45, 7) is 3.91. The highest BCUT2D eigenvalue weighted by molar-refractivity contribution is 6.06. The van der Waals surface area contributed by atoms with Gasteiger partial charge in [-0.3, -0.25) is 24.0 Å². The molecule has 0 spiro atoms. The molecule has 4 N–H and O–H groups in total. The van der Waals surface area contributed by atoms with Crippen molar-refractivity contribution in [3.63, 3.8) is 0 Å². The number of oxazole rings is 1. The fourth-order valence-electron chi connectivity index (χ4n) is 5.38. The predicted molar refractivity (Wildman–Crippen MR) is 169 cm³/mol. The van der Waals surface area contributed by atoms with E-state index in [9.17, 15) is 24.0 Å². The third-order valence-corrected chi connectivity index (χ3v) is 7.90. The number of aryl methyl sites for hydroxylation is 1. The lowest BCUT2D eigenvalue weighted by molar-refractivity contribution is -0.131. The molecule has 13 nitrogen and oxygen atoms in total. The molecule has 0 fully saturated rings. The molecule has 4 amide bonds. The van der Waals surface area contributed by atoms with Crippen LogP contribution in [-0.4, -0.2) is 57.0 Å². The molecule has 0 saturated heterocycles. The van der Waals surface area contributed by atoms with Gasteiger partial charge in [-0.1, -0.05) is 62.4 Å². The van der Waals surface area contributed by atoms with Gasteiger partial charge >= 0.3 is 0 Å². The Morgan fingerprint density at radius 3 is 2.43 bits per heavy atom. The van der Waals surface area contributed by atoms with Crippen LogP contribution in [0.1, 0.15) is 71.6 Å². The highest BCUT2D eigenvalue weighted by atomic mass is 16.3. The van der Waals surface area contributed by atoms with Crippen molar-refractivity contribution in [2.75, 3.05) is 6.54 Å². The van der Waals surface area contributed by atoms with Gasteiger partial charge in [0.2, 0.25) is 17.7 Å². The maximum atomic E-state index is 13.8. The molecular formula is C33H37N7O6. The Balaban J connectivity index is 1.43. The smallest absolute Gasteiger partial charge is 0.274 e. The summed E-state index contributed by atoms with van der Waals surface area (Å²) >= 11 is 0. The van der Waals surface area contributed by atoms with Gasteiger partial charge in [-0.2, -0.15) is 5.10 Å². The fourth-order valence-corrected chi connectivity index (χ4v) is 5.38. The number of hydrogen-bond donors (Lipinski definition) is 4. The number of carbonyl (C=O) groups excluding carboxylic acids is 4. The van der Waals surface area contributed by atoms with E-state index in [0.717, 1.165) is 10.2 Å². The van der Waals surface area contributed by atoms with Crippen LogP contribution >= 0.6 is 0 Å². The van der Waals surface area contributed by atoms with Crippen LogP contribution in [0.15, 0.2) is 70.1 Å². The lowest BCUT2D eigenvalue weighted by atomic mass is 10.00. The van der Waals surface area contributed by atoms with E-state index >= 15 is 0 Å². The van der Waals surface area contributed by atoms with Crippen LogP contribution in [0.4, 0.5) is 0 Å². The third-order valence-electron chi connectivity index (χ3n) is 7.90. The molecule has 0 aliphatic carbocycles. The Bertz CT molecular complexity index is 1800. The molecule has 0 radical (unpaired) electrons. The number of carbonyl (C=O) groups is 4. The molecule has 0 unspecified atom stereocenters. The minimum Gasteiger partial charge on any atom is -0.446 e. The third kappa shape index (κ3) is 7.31. The van der Waals surface area contributed by atoms with Crippen molar-refractivity contribution in [1.29, 1.82) is 0 Å². The van der Waals surface area contributed by atoms with Crippen molar-refractivity contribution in [2.24, 2.45) is 13.0 Å². The first-order valence-electron chi connectivity index (χ1n) is 15.3. The molecular weight excluding hydrogens is 590 g/mol. The Morgan fingerprint density at radius 2 is 1.70 bits per heavy atom. The largest absolute Gasteiger partial charge is 0.446 e. The number of fused-ring (bicyclic) bond motifs is 3. The van der Waals surface area contributed by atoms with Crippen LogP contribution in [0.25, 0.3) is 10.8 Å². The van der Waals surface area contributed by atoms with Crippen LogP contribution < -0.4 is 26.8 Å². The molecule has 4 aromatic rings. The first kappa shape index (κ1) is 32.1. The summed E-state index contributed by atoms with van der Waals surface area (Å²) in [4.78, 5) is 70.9. The second kappa shape index (κ2) is 14.2. The molecule has 46 heavy (non-hydrogen) atoms. The molecule has 3 atom stereocenters. The van der Waals surface area contributed by atoms with Crippen molar-refractivity contribution >= 4 is 34.4 Å². The van der Waals surface area contributed by atoms with E-state index in [2.05, 4.69) is 31.3 Å². The summed E-state index contributed by atoms with van der Waals surface area (Å²) in [7, 11) is 1.45. The van der Waals surface area contributed by atoms with Gasteiger partial charge in [0.1, 0.15) is 24.4 Å². The van der Waals surface area contributed by atoms with E-state index in [4.69, 9.17) is 4.42 Å². The lowest BCUT2D eigenvalue weighted by Crippen LogP contribution is -2.56. The van der Waals surface area contributed by atoms with Gasteiger partial charge in [0.05, 0.1) is 5.39 Å². The van der Waals surface area contributed by atoms with Crippen LogP contribution in [0.5, 0.6) is 0 Å². The van der Waals surface area contributed by atoms with Crippen LogP contribution in [0.2, 0.25) is 0 Å². The van der Waals surface area contributed by atoms with Crippen molar-refractivity contribution < 1.29 is 23.6 Å². The highest BCUT2D eigenvalue weighted by Crippen LogP contribution is 2.20. The zero-order valence-corrected chi connectivity index (χ0v) is 25.9. The van der Waals surface area contributed by atoms with Gasteiger partial charge < -0.3 is 25.7 Å². The van der Waals surface area contributed by atoms with Gasteiger partial charge in [-0.25, -0.2) is 9.67 Å². The van der Waals surface area contributed by atoms with Gasteiger partial charge in [-0.15, -0.1) is 0 Å². The second-order valence-electron chi connectivity index (χ2n) is 11.7. The summed E-state index contributed by atoms with van der Waals surface area (Å²) in [5, 5.41) is 16.2. The summed E-state index contributed by atoms with van der Waals surface area (Å²) in [5.41, 5.74) is 0.633. The monoisotopic (exact) mass is 627 g/mol. The molecule has 2 aromatic carbocycles. The standard InChI is InChI=1S/C33H37N7O6/c1-19(2)26-30(43)36-24(17-20-11-5-4-6-12-20)32-37-25(18-46-32)28(41)34-16-10-9-15-23(29(42)38-26)35-31(44)27-21-13-7-8-14-22(21)33(45)40(3)39-27/h4-8,11-14,18-19,23-24,26H,9-10,15-17H2,1-3H3,(H,34,41)(H,35,44)(H,36,43)(H,38,42)/t23-,24+,26-/m0/s1. The maximum Gasteiger partial charge on any atom is 0.274 e. The Morgan fingerprint density at radius 1 is 0.978 bits per heavy atom. The predicted octanol–water partition coefficient (Wildman–Crippen LogP) is 2.17. The van der Waals surface area contributed by atoms with Crippen molar-refractivity contribution in [1.82, 2.24) is 36.0 Å². The number of amides is 4. The number of nitrogens with one attached hydrogen (secondary N) is 4. The van der Waals surface area contributed by atoms with Gasteiger partial charge in [0, 0.05) is 25.4 Å². The molecule has 5 rings (SSSR count). The number of benzene rings is 2. The minimum atomic E-state index is -1.03. The number of nitrogens with zero attached hydrogens (tertiary/aromatic N) is 3. The Kier molecular flexibility index (Phi) is 9.89. The number of aromatic nitrogens is 3. The molecule has 2 bridgehead atoms. The van der Waals surface area contributed by atoms with E-state index in [1.807, 2.05) is 30.3 Å². The lowest BCUT2D eigenvalue weighted by Gasteiger charge is -2.27. The molecule has 240 valence electrons. The molecule has 1 aliphatic heterocycles. The average Bonchev–Trinajstić information content (AvgIpc) is 3.54. The molecule has 13 heteroatoms. The second-order valence-corrected chi connectivity index (χ2v) is 11.7. The average molecular weight is 628 g/mol. The number of rotatable bonds is 5. The van der Waals surface area contributed by atoms with E-state index in [1.165, 1.54) is 13.3 Å². The molecule has 2 aromatic heterocycles. The zero-order valence-electron chi connectivity index (χ0n) is 25.9. The first-order valence-corrected chi connectivity index (χ1v) is 15.3. The topological polar surface area (TPSA) is 177 Å². The zero-order chi connectivity index (χ0) is 32.8. The van der Waals surface area contributed by atoms with Gasteiger partial charge in [-0.05, 0) is 36.8 Å². The van der Waals surface area contributed by atoms with E-state index in [0.29, 0.717) is 36.6 Å². The Hall–Kier alpha value is -5.33. The summed E-state index contributed by atoms with van der Waals surface area (Å²) in [6, 6.07) is 13.3. The van der Waals surface area contributed by atoms with Crippen LogP contribution in [0, 0.1) is 5.92 Å².